The van der Waals surface area contributed by atoms with Gasteiger partial charge in [0.1, 0.15) is 0 Å². The summed E-state index contributed by atoms with van der Waals surface area (Å²) in [6.45, 7) is 3.33. The number of nitrogens with two attached hydrogens (primary N) is 1. The van der Waals surface area contributed by atoms with Crippen molar-refractivity contribution in [1.82, 2.24) is 5.01 Å². The summed E-state index contributed by atoms with van der Waals surface area (Å²) in [5, 5.41) is 1.77. The number of rotatable bonds is 0. The number of nitrogens with zero attached hydrogens (tertiary/aromatic N) is 1. The van der Waals surface area contributed by atoms with Crippen molar-refractivity contribution in [3.8, 4) is 0 Å². The topological polar surface area (TPSA) is 38.5 Å². The molecule has 1 saturated heterocycles. The highest BCUT2D eigenvalue weighted by Gasteiger charge is 2.02. The number of hydrogen-bond acceptors (Lipinski definition) is 3. The van der Waals surface area contributed by atoms with Crippen LogP contribution in [0.5, 0.6) is 0 Å². The summed E-state index contributed by atoms with van der Waals surface area (Å²) in [5.74, 6) is 5.39. The van der Waals surface area contributed by atoms with Crippen molar-refractivity contribution < 1.29 is 4.74 Å². The monoisotopic (exact) mass is 144 g/mol. The van der Waals surface area contributed by atoms with Crippen molar-refractivity contribution in [2.24, 2.45) is 5.84 Å². The molecule has 2 aliphatic rings. The molecule has 1 heterocycles. The molecule has 1 aliphatic carbocycles. The van der Waals surface area contributed by atoms with E-state index < -0.39 is 0 Å². The van der Waals surface area contributed by atoms with Gasteiger partial charge in [-0.1, -0.05) is 19.3 Å². The van der Waals surface area contributed by atoms with Crippen molar-refractivity contribution >= 4 is 0 Å². The first-order valence-corrected chi connectivity index (χ1v) is 3.97. The Labute approximate surface area is 62.1 Å². The molecule has 60 valence electrons. The van der Waals surface area contributed by atoms with Gasteiger partial charge in [0.2, 0.25) is 0 Å². The molecule has 3 nitrogen and oxygen atoms in total. The Balaban J connectivity index is 0.000000138. The van der Waals surface area contributed by atoms with Crippen LogP contribution in [0.4, 0.5) is 0 Å². The van der Waals surface area contributed by atoms with Crippen LogP contribution >= 0.6 is 0 Å². The third-order valence-electron chi connectivity index (χ3n) is 1.40. The second-order valence-electron chi connectivity index (χ2n) is 2.71. The third kappa shape index (κ3) is 4.73. The zero-order chi connectivity index (χ0) is 7.23. The maximum atomic E-state index is 5.39. The van der Waals surface area contributed by atoms with E-state index in [1.165, 1.54) is 19.3 Å². The van der Waals surface area contributed by atoms with Gasteiger partial charge in [0, 0.05) is 13.1 Å². The van der Waals surface area contributed by atoms with E-state index in [0.29, 0.717) is 0 Å². The zero-order valence-electron chi connectivity index (χ0n) is 6.38. The van der Waals surface area contributed by atoms with Gasteiger partial charge >= 0.3 is 0 Å². The average Bonchev–Trinajstić information content (AvgIpc) is 2.73. The minimum atomic E-state index is 0.788. The molecule has 10 heavy (non-hydrogen) atoms. The molecular weight excluding hydrogens is 128 g/mol. The number of hydrogen-bond donors (Lipinski definition) is 1. The first kappa shape index (κ1) is 7.98. The molecular formula is C7H16N2O. The van der Waals surface area contributed by atoms with Gasteiger partial charge in [-0.15, -0.1) is 0 Å². The molecule has 0 aromatic carbocycles. The lowest BCUT2D eigenvalue weighted by atomic mass is 10.5. The van der Waals surface area contributed by atoms with E-state index in [-0.39, 0.29) is 0 Å². The van der Waals surface area contributed by atoms with E-state index in [0.717, 1.165) is 26.3 Å². The zero-order valence-corrected chi connectivity index (χ0v) is 6.38. The SMILES string of the molecule is C1CC1.NN1CCOCC1. The largest absolute Gasteiger partial charge is 0.379 e. The third-order valence-corrected chi connectivity index (χ3v) is 1.40. The van der Waals surface area contributed by atoms with E-state index in [4.69, 9.17) is 10.6 Å². The van der Waals surface area contributed by atoms with Crippen LogP contribution in [0.1, 0.15) is 19.3 Å². The molecule has 0 unspecified atom stereocenters. The van der Waals surface area contributed by atoms with Gasteiger partial charge in [-0.2, -0.15) is 0 Å². The minimum absolute atomic E-state index is 0.788. The van der Waals surface area contributed by atoms with E-state index in [1.54, 1.807) is 5.01 Å². The van der Waals surface area contributed by atoms with Crippen LogP contribution in [-0.4, -0.2) is 31.3 Å². The van der Waals surface area contributed by atoms with Crippen LogP contribution in [0.15, 0.2) is 0 Å². The lowest BCUT2D eigenvalue weighted by molar-refractivity contribution is 0.0378. The Morgan fingerprint density at radius 2 is 1.50 bits per heavy atom. The summed E-state index contributed by atoms with van der Waals surface area (Å²) >= 11 is 0. The van der Waals surface area contributed by atoms with Crippen molar-refractivity contribution in [2.75, 3.05) is 26.3 Å². The molecule has 0 atom stereocenters. The summed E-state index contributed by atoms with van der Waals surface area (Å²) in [6.07, 6.45) is 4.50. The maximum Gasteiger partial charge on any atom is 0.0608 e. The van der Waals surface area contributed by atoms with Crippen molar-refractivity contribution in [1.29, 1.82) is 0 Å². The average molecular weight is 144 g/mol. The van der Waals surface area contributed by atoms with Gasteiger partial charge in [0.15, 0.2) is 0 Å². The second-order valence-corrected chi connectivity index (χ2v) is 2.71. The van der Waals surface area contributed by atoms with E-state index in [2.05, 4.69) is 0 Å². The van der Waals surface area contributed by atoms with Gasteiger partial charge in [-0.25, -0.2) is 5.01 Å². The maximum absolute atomic E-state index is 5.39. The normalized spacial score (nSPS) is 24.9. The Bertz CT molecular complexity index is 76.9. The number of morpholine rings is 1. The molecule has 0 aromatic heterocycles. The molecule has 0 radical (unpaired) electrons. The first-order valence-electron chi connectivity index (χ1n) is 3.97. The molecule has 0 amide bonds. The van der Waals surface area contributed by atoms with Crippen LogP contribution in [-0.2, 0) is 4.74 Å². The van der Waals surface area contributed by atoms with Crippen molar-refractivity contribution in [2.45, 2.75) is 19.3 Å². The Hall–Kier alpha value is -0.120. The van der Waals surface area contributed by atoms with Crippen LogP contribution in [0.2, 0.25) is 0 Å². The van der Waals surface area contributed by atoms with Gasteiger partial charge in [-0.3, -0.25) is 5.84 Å². The summed E-state index contributed by atoms with van der Waals surface area (Å²) in [4.78, 5) is 0. The van der Waals surface area contributed by atoms with E-state index in [1.807, 2.05) is 0 Å². The Morgan fingerprint density at radius 1 is 1.00 bits per heavy atom. The Kier molecular flexibility index (Phi) is 3.72. The van der Waals surface area contributed by atoms with Gasteiger partial charge in [0.05, 0.1) is 13.2 Å². The van der Waals surface area contributed by atoms with Crippen LogP contribution in [0, 0.1) is 0 Å². The van der Waals surface area contributed by atoms with Crippen LogP contribution in [0.25, 0.3) is 0 Å². The summed E-state index contributed by atoms with van der Waals surface area (Å²) in [5.41, 5.74) is 0. The van der Waals surface area contributed by atoms with Crippen LogP contribution in [0.3, 0.4) is 0 Å². The highest BCUT2D eigenvalue weighted by atomic mass is 16.5. The Morgan fingerprint density at radius 3 is 1.70 bits per heavy atom. The predicted octanol–water partition coefficient (Wildman–Crippen LogP) is 0.363. The molecule has 2 N–H and O–H groups in total. The molecule has 1 aliphatic heterocycles. The summed E-state index contributed by atoms with van der Waals surface area (Å²) < 4.78 is 5.02. The van der Waals surface area contributed by atoms with Gasteiger partial charge < -0.3 is 4.74 Å². The molecule has 1 saturated carbocycles. The molecule has 0 bridgehead atoms. The number of hydrazine groups is 1. The quantitative estimate of drug-likeness (QED) is 0.499. The van der Waals surface area contributed by atoms with E-state index >= 15 is 0 Å². The lowest BCUT2D eigenvalue weighted by Crippen LogP contribution is -2.41. The fraction of sp³-hybridized carbons (Fsp3) is 1.00. The molecule has 2 rings (SSSR count). The highest BCUT2D eigenvalue weighted by Crippen LogP contribution is 2.14. The molecule has 0 spiro atoms. The van der Waals surface area contributed by atoms with Gasteiger partial charge in [-0.05, 0) is 0 Å². The molecule has 0 aromatic rings. The first-order chi connectivity index (χ1) is 4.89. The second kappa shape index (κ2) is 4.66. The van der Waals surface area contributed by atoms with Gasteiger partial charge in [0.25, 0.3) is 0 Å². The lowest BCUT2D eigenvalue weighted by Gasteiger charge is -2.20. The fourth-order valence-corrected chi connectivity index (χ4v) is 0.577. The number of ether oxygens (including phenoxy) is 1. The standard InChI is InChI=1S/C4H10N2O.C3H6/c5-6-1-3-7-4-2-6;1-2-3-1/h1-5H2;1-3H2. The summed E-state index contributed by atoms with van der Waals surface area (Å²) in [6, 6.07) is 0. The van der Waals surface area contributed by atoms with Crippen molar-refractivity contribution in [3.05, 3.63) is 0 Å². The highest BCUT2D eigenvalue weighted by molar-refractivity contribution is 4.51. The smallest absolute Gasteiger partial charge is 0.0608 e. The fourth-order valence-electron chi connectivity index (χ4n) is 0.577. The minimum Gasteiger partial charge on any atom is -0.379 e. The summed E-state index contributed by atoms with van der Waals surface area (Å²) in [7, 11) is 0. The van der Waals surface area contributed by atoms with E-state index in [9.17, 15) is 0 Å². The predicted molar refractivity (Wildman–Crippen MR) is 40.4 cm³/mol. The van der Waals surface area contributed by atoms with Crippen LogP contribution < -0.4 is 5.84 Å². The molecule has 2 fully saturated rings. The molecule has 3 heteroatoms. The van der Waals surface area contributed by atoms with Crippen molar-refractivity contribution in [3.63, 3.8) is 0 Å².